The third kappa shape index (κ3) is 2.56. The summed E-state index contributed by atoms with van der Waals surface area (Å²) in [6, 6.07) is 6.96. The van der Waals surface area contributed by atoms with Gasteiger partial charge in [0.1, 0.15) is 5.41 Å². The van der Waals surface area contributed by atoms with Crippen LogP contribution in [-0.2, 0) is 19.2 Å². The highest BCUT2D eigenvalue weighted by Gasteiger charge is 2.64. The van der Waals surface area contributed by atoms with Crippen molar-refractivity contribution in [3.63, 3.8) is 0 Å². The minimum Gasteiger partial charge on any atom is -0.273 e. The summed E-state index contributed by atoms with van der Waals surface area (Å²) >= 11 is 5.97. The van der Waals surface area contributed by atoms with Crippen molar-refractivity contribution in [3.05, 3.63) is 46.5 Å². The average molecular weight is 375 g/mol. The summed E-state index contributed by atoms with van der Waals surface area (Å²) in [5, 5.41) is 1.91. The fraction of sp³-hybridized carbons (Fsp3) is 0.368. The highest BCUT2D eigenvalue weighted by molar-refractivity contribution is 6.30. The summed E-state index contributed by atoms with van der Waals surface area (Å²) in [4.78, 5) is 50.5. The van der Waals surface area contributed by atoms with Crippen LogP contribution in [0.3, 0.4) is 0 Å². The van der Waals surface area contributed by atoms with Gasteiger partial charge in [0.05, 0.1) is 0 Å². The van der Waals surface area contributed by atoms with Crippen molar-refractivity contribution in [2.75, 3.05) is 0 Å². The summed E-state index contributed by atoms with van der Waals surface area (Å²) in [6.45, 7) is 4.27. The predicted octanol–water partition coefficient (Wildman–Crippen LogP) is 2.83. The van der Waals surface area contributed by atoms with E-state index in [9.17, 15) is 19.2 Å². The first kappa shape index (κ1) is 18.3. The highest BCUT2D eigenvalue weighted by Crippen LogP contribution is 2.52. The van der Waals surface area contributed by atoms with Gasteiger partial charge in [-0.1, -0.05) is 35.4 Å². The molecule has 1 atom stereocenters. The lowest BCUT2D eigenvalue weighted by atomic mass is 9.64. The Balaban J connectivity index is 2.19. The predicted molar refractivity (Wildman–Crippen MR) is 94.7 cm³/mol. The summed E-state index contributed by atoms with van der Waals surface area (Å²) < 4.78 is 0. The van der Waals surface area contributed by atoms with Crippen LogP contribution in [0.15, 0.2) is 35.9 Å². The second-order valence-corrected chi connectivity index (χ2v) is 7.24. The summed E-state index contributed by atoms with van der Waals surface area (Å²) in [5.74, 6) is -3.08. The van der Waals surface area contributed by atoms with Crippen molar-refractivity contribution in [1.82, 2.24) is 10.0 Å². The summed E-state index contributed by atoms with van der Waals surface area (Å²) in [7, 11) is 0. The zero-order valence-electron chi connectivity index (χ0n) is 14.8. The zero-order chi connectivity index (χ0) is 19.2. The first-order valence-corrected chi connectivity index (χ1v) is 8.69. The van der Waals surface area contributed by atoms with Gasteiger partial charge in [-0.05, 0) is 37.5 Å². The molecule has 1 aliphatic carbocycles. The molecule has 2 aliphatic rings. The van der Waals surface area contributed by atoms with E-state index in [2.05, 4.69) is 0 Å². The Morgan fingerprint density at radius 2 is 1.54 bits per heavy atom. The number of allylic oxidation sites excluding steroid dienone is 2. The fourth-order valence-corrected chi connectivity index (χ4v) is 3.97. The molecule has 26 heavy (non-hydrogen) atoms. The number of carbonyl (C=O) groups excluding carboxylic acids is 4. The topological polar surface area (TPSA) is 74.8 Å². The first-order chi connectivity index (χ1) is 12.2. The maximum atomic E-state index is 13.2. The van der Waals surface area contributed by atoms with Gasteiger partial charge in [-0.3, -0.25) is 19.2 Å². The summed E-state index contributed by atoms with van der Waals surface area (Å²) in [6.07, 6.45) is 2.47. The van der Waals surface area contributed by atoms with Gasteiger partial charge in [0.2, 0.25) is 11.8 Å². The fourth-order valence-electron chi connectivity index (χ4n) is 3.85. The monoisotopic (exact) mass is 374 g/mol. The molecule has 1 spiro atoms. The van der Waals surface area contributed by atoms with Crippen molar-refractivity contribution < 1.29 is 19.2 Å². The van der Waals surface area contributed by atoms with Crippen LogP contribution in [0.1, 0.15) is 45.1 Å². The van der Waals surface area contributed by atoms with E-state index in [0.29, 0.717) is 21.5 Å². The lowest BCUT2D eigenvalue weighted by molar-refractivity contribution is -0.168. The van der Waals surface area contributed by atoms with E-state index in [1.54, 1.807) is 24.3 Å². The van der Waals surface area contributed by atoms with Gasteiger partial charge >= 0.3 is 0 Å². The SMILES string of the molecule is CC(=O)N1C(=O)C2(CC=C(C)CC2c2ccc(Cl)cc2)C(=O)N1C(C)=O. The van der Waals surface area contributed by atoms with E-state index in [4.69, 9.17) is 11.6 Å². The Bertz CT molecular complexity index is 812. The van der Waals surface area contributed by atoms with Gasteiger partial charge in [0.25, 0.3) is 11.8 Å². The van der Waals surface area contributed by atoms with Crippen LogP contribution in [0.2, 0.25) is 5.02 Å². The van der Waals surface area contributed by atoms with E-state index in [1.165, 1.54) is 13.8 Å². The van der Waals surface area contributed by atoms with Gasteiger partial charge in [-0.25, -0.2) is 0 Å². The quantitative estimate of drug-likeness (QED) is 0.559. The highest BCUT2D eigenvalue weighted by atomic mass is 35.5. The van der Waals surface area contributed by atoms with Crippen LogP contribution in [-0.4, -0.2) is 33.6 Å². The van der Waals surface area contributed by atoms with Gasteiger partial charge in [-0.2, -0.15) is 10.0 Å². The number of halogens is 1. The van der Waals surface area contributed by atoms with Crippen LogP contribution in [0.5, 0.6) is 0 Å². The van der Waals surface area contributed by atoms with Gasteiger partial charge in [-0.15, -0.1) is 0 Å². The van der Waals surface area contributed by atoms with Crippen LogP contribution in [0.25, 0.3) is 0 Å². The van der Waals surface area contributed by atoms with Crippen molar-refractivity contribution >= 4 is 35.2 Å². The number of rotatable bonds is 1. The summed E-state index contributed by atoms with van der Waals surface area (Å²) in [5.41, 5.74) is 0.328. The number of carbonyl (C=O) groups is 4. The molecule has 3 rings (SSSR count). The molecule has 4 amide bonds. The van der Waals surface area contributed by atoms with Gasteiger partial charge in [0.15, 0.2) is 0 Å². The molecule has 136 valence electrons. The molecule has 1 aliphatic heterocycles. The molecule has 0 N–H and O–H groups in total. The van der Waals surface area contributed by atoms with Crippen molar-refractivity contribution in [3.8, 4) is 0 Å². The lowest BCUT2D eigenvalue weighted by Crippen LogP contribution is -2.46. The third-order valence-electron chi connectivity index (χ3n) is 5.11. The van der Waals surface area contributed by atoms with Crippen molar-refractivity contribution in [2.24, 2.45) is 5.41 Å². The molecular formula is C19H19ClN2O4. The number of hydrogen-bond acceptors (Lipinski definition) is 4. The molecule has 1 heterocycles. The molecule has 7 heteroatoms. The number of hydrazine groups is 1. The van der Waals surface area contributed by atoms with Crippen LogP contribution >= 0.6 is 11.6 Å². The molecule has 0 saturated carbocycles. The van der Waals surface area contributed by atoms with Gasteiger partial charge in [0, 0.05) is 24.8 Å². The molecule has 0 bridgehead atoms. The standard InChI is InChI=1S/C19H19ClN2O4/c1-11-8-9-19(16(10-11)14-4-6-15(20)7-5-14)17(25)21(12(2)23)22(13(3)24)18(19)26/h4-8,16H,9-10H2,1-3H3. The van der Waals surface area contributed by atoms with E-state index in [0.717, 1.165) is 11.1 Å². The molecule has 1 aromatic rings. The smallest absolute Gasteiger partial charge is 0.265 e. The zero-order valence-corrected chi connectivity index (χ0v) is 15.5. The number of amides is 4. The molecule has 0 radical (unpaired) electrons. The first-order valence-electron chi connectivity index (χ1n) is 8.31. The van der Waals surface area contributed by atoms with E-state index in [-0.39, 0.29) is 6.42 Å². The Labute approximate surface area is 156 Å². The number of hydrogen-bond donors (Lipinski definition) is 0. The maximum Gasteiger partial charge on any atom is 0.265 e. The van der Waals surface area contributed by atoms with Crippen molar-refractivity contribution in [1.29, 1.82) is 0 Å². The second kappa shape index (κ2) is 6.36. The lowest BCUT2D eigenvalue weighted by Gasteiger charge is -2.36. The van der Waals surface area contributed by atoms with E-state index >= 15 is 0 Å². The molecule has 1 saturated heterocycles. The van der Waals surface area contributed by atoms with Crippen molar-refractivity contribution in [2.45, 2.75) is 39.5 Å². The molecule has 0 aromatic heterocycles. The van der Waals surface area contributed by atoms with E-state index < -0.39 is 35.0 Å². The minimum absolute atomic E-state index is 0.150. The number of benzene rings is 1. The van der Waals surface area contributed by atoms with E-state index in [1.807, 2.05) is 13.0 Å². The molecule has 1 unspecified atom stereocenters. The largest absolute Gasteiger partial charge is 0.273 e. The van der Waals surface area contributed by atoms with Gasteiger partial charge < -0.3 is 0 Å². The molecule has 1 aromatic carbocycles. The number of imide groups is 2. The van der Waals surface area contributed by atoms with Crippen LogP contribution < -0.4 is 0 Å². The Kier molecular flexibility index (Phi) is 4.48. The number of nitrogens with zero attached hydrogens (tertiary/aromatic N) is 2. The second-order valence-electron chi connectivity index (χ2n) is 6.81. The Hall–Kier alpha value is -2.47. The van der Waals surface area contributed by atoms with Crippen LogP contribution in [0.4, 0.5) is 0 Å². The molecule has 6 nitrogen and oxygen atoms in total. The molecular weight excluding hydrogens is 356 g/mol. The minimum atomic E-state index is -1.50. The third-order valence-corrected chi connectivity index (χ3v) is 5.36. The molecule has 1 fully saturated rings. The Morgan fingerprint density at radius 1 is 1.04 bits per heavy atom. The average Bonchev–Trinajstić information content (AvgIpc) is 2.80. The maximum absolute atomic E-state index is 13.2. The van der Waals surface area contributed by atoms with Crippen LogP contribution in [0, 0.1) is 5.41 Å². The Morgan fingerprint density at radius 3 is 2.00 bits per heavy atom. The normalized spacial score (nSPS) is 22.0.